The number of hydrogen-bond acceptors (Lipinski definition) is 4. The van der Waals surface area contributed by atoms with Crippen molar-refractivity contribution < 1.29 is 17.9 Å². The quantitative estimate of drug-likeness (QED) is 0.734. The van der Waals surface area contributed by atoms with Gasteiger partial charge < -0.3 is 9.47 Å². The van der Waals surface area contributed by atoms with Crippen molar-refractivity contribution in [3.63, 3.8) is 0 Å². The zero-order valence-electron chi connectivity index (χ0n) is 9.79. The van der Waals surface area contributed by atoms with Crippen LogP contribution in [0.3, 0.4) is 0 Å². The molecule has 0 amide bonds. The van der Waals surface area contributed by atoms with Gasteiger partial charge in [-0.1, -0.05) is 0 Å². The molecular formula is C11H15NO4S. The first kappa shape index (κ1) is 12.2. The van der Waals surface area contributed by atoms with Crippen LogP contribution in [0.5, 0.6) is 5.75 Å². The molecule has 0 radical (unpaired) electrons. The summed E-state index contributed by atoms with van der Waals surface area (Å²) in [6.45, 7) is 1.30. The fourth-order valence-corrected chi connectivity index (χ4v) is 1.80. The minimum atomic E-state index is -3.21. The van der Waals surface area contributed by atoms with Gasteiger partial charge in [0.25, 0.3) is 0 Å². The van der Waals surface area contributed by atoms with Crippen molar-refractivity contribution in [1.82, 2.24) is 0 Å². The highest BCUT2D eigenvalue weighted by Crippen LogP contribution is 2.21. The summed E-state index contributed by atoms with van der Waals surface area (Å²) >= 11 is 0. The van der Waals surface area contributed by atoms with Gasteiger partial charge in [0, 0.05) is 7.05 Å². The lowest BCUT2D eigenvalue weighted by Crippen LogP contribution is -2.24. The molecule has 1 fully saturated rings. The number of nitrogens with zero attached hydrogens (tertiary/aromatic N) is 1. The van der Waals surface area contributed by atoms with Gasteiger partial charge in [-0.15, -0.1) is 0 Å². The van der Waals surface area contributed by atoms with Gasteiger partial charge in [0.1, 0.15) is 18.5 Å². The minimum Gasteiger partial charge on any atom is -0.491 e. The van der Waals surface area contributed by atoms with Crippen molar-refractivity contribution in [2.24, 2.45) is 0 Å². The summed E-state index contributed by atoms with van der Waals surface area (Å²) < 4.78 is 34.3. The number of sulfonamides is 1. The van der Waals surface area contributed by atoms with Crippen LogP contribution < -0.4 is 9.04 Å². The number of epoxide rings is 1. The normalized spacial score (nSPS) is 18.8. The van der Waals surface area contributed by atoms with E-state index in [-0.39, 0.29) is 6.10 Å². The molecule has 1 heterocycles. The van der Waals surface area contributed by atoms with Crippen molar-refractivity contribution in [3.8, 4) is 5.75 Å². The average molecular weight is 257 g/mol. The van der Waals surface area contributed by atoms with Crippen LogP contribution in [-0.2, 0) is 14.8 Å². The second kappa shape index (κ2) is 4.54. The summed E-state index contributed by atoms with van der Waals surface area (Å²) in [5, 5.41) is 0. The summed E-state index contributed by atoms with van der Waals surface area (Å²) in [6, 6.07) is 6.92. The second-order valence-corrected chi connectivity index (χ2v) is 6.00. The Kier molecular flexibility index (Phi) is 3.26. The number of rotatable bonds is 5. The first-order valence-corrected chi connectivity index (χ1v) is 7.10. The predicted molar refractivity (Wildman–Crippen MR) is 64.9 cm³/mol. The molecule has 1 aliphatic heterocycles. The smallest absolute Gasteiger partial charge is 0.231 e. The van der Waals surface area contributed by atoms with E-state index in [9.17, 15) is 8.42 Å². The first-order valence-electron chi connectivity index (χ1n) is 5.25. The molecule has 0 spiro atoms. The molecule has 0 unspecified atom stereocenters. The van der Waals surface area contributed by atoms with Crippen LogP contribution in [0, 0.1) is 0 Å². The molecule has 1 aromatic rings. The Morgan fingerprint density at radius 3 is 2.47 bits per heavy atom. The van der Waals surface area contributed by atoms with Gasteiger partial charge in [0.2, 0.25) is 10.0 Å². The zero-order valence-corrected chi connectivity index (χ0v) is 10.6. The van der Waals surface area contributed by atoms with Gasteiger partial charge in [-0.3, -0.25) is 4.31 Å². The number of ether oxygens (including phenoxy) is 2. The Balaban J connectivity index is 2.01. The summed E-state index contributed by atoms with van der Waals surface area (Å²) in [6.07, 6.45) is 1.38. The molecule has 2 rings (SSSR count). The van der Waals surface area contributed by atoms with Gasteiger partial charge in [-0.25, -0.2) is 8.42 Å². The Bertz CT molecular complexity index is 479. The highest BCUT2D eigenvalue weighted by Gasteiger charge is 2.23. The second-order valence-electron chi connectivity index (χ2n) is 3.99. The largest absolute Gasteiger partial charge is 0.491 e. The Morgan fingerprint density at radius 1 is 1.41 bits per heavy atom. The molecule has 1 aliphatic rings. The minimum absolute atomic E-state index is 0.216. The molecule has 6 heteroatoms. The standard InChI is InChI=1S/C11H15NO4S/c1-12(17(2,13)14)9-3-5-10(6-4-9)15-7-11-8-16-11/h3-6,11H,7-8H2,1-2H3/t11-/m1/s1. The van der Waals surface area contributed by atoms with Crippen LogP contribution >= 0.6 is 0 Å². The summed E-state index contributed by atoms with van der Waals surface area (Å²) in [5.74, 6) is 0.714. The van der Waals surface area contributed by atoms with Crippen molar-refractivity contribution in [2.45, 2.75) is 6.10 Å². The van der Waals surface area contributed by atoms with E-state index >= 15 is 0 Å². The van der Waals surface area contributed by atoms with E-state index in [1.165, 1.54) is 17.6 Å². The molecule has 1 saturated heterocycles. The lowest BCUT2D eigenvalue weighted by atomic mass is 10.3. The van der Waals surface area contributed by atoms with Crippen LogP contribution in [-0.4, -0.2) is 41.0 Å². The maximum absolute atomic E-state index is 11.3. The third kappa shape index (κ3) is 3.34. The van der Waals surface area contributed by atoms with Crippen LogP contribution in [0.1, 0.15) is 0 Å². The van der Waals surface area contributed by atoms with Gasteiger partial charge in [-0.2, -0.15) is 0 Å². The number of hydrogen-bond donors (Lipinski definition) is 0. The van der Waals surface area contributed by atoms with Crippen LogP contribution in [0.25, 0.3) is 0 Å². The van der Waals surface area contributed by atoms with Crippen molar-refractivity contribution in [1.29, 1.82) is 0 Å². The van der Waals surface area contributed by atoms with Crippen molar-refractivity contribution in [3.05, 3.63) is 24.3 Å². The number of benzene rings is 1. The molecule has 0 aromatic heterocycles. The third-order valence-electron chi connectivity index (χ3n) is 2.54. The highest BCUT2D eigenvalue weighted by molar-refractivity contribution is 7.92. The molecule has 17 heavy (non-hydrogen) atoms. The molecule has 0 aliphatic carbocycles. The van der Waals surface area contributed by atoms with Crippen molar-refractivity contribution >= 4 is 15.7 Å². The van der Waals surface area contributed by atoms with E-state index in [1.54, 1.807) is 24.3 Å². The monoisotopic (exact) mass is 257 g/mol. The molecule has 1 aromatic carbocycles. The molecular weight excluding hydrogens is 242 g/mol. The van der Waals surface area contributed by atoms with Gasteiger partial charge in [-0.05, 0) is 24.3 Å². The van der Waals surface area contributed by atoms with Crippen LogP contribution in [0.4, 0.5) is 5.69 Å². The van der Waals surface area contributed by atoms with E-state index in [2.05, 4.69) is 0 Å². The predicted octanol–water partition coefficient (Wildman–Crippen LogP) is 0.860. The highest BCUT2D eigenvalue weighted by atomic mass is 32.2. The lowest BCUT2D eigenvalue weighted by Gasteiger charge is -2.16. The first-order chi connectivity index (χ1) is 7.97. The maximum atomic E-state index is 11.3. The summed E-state index contributed by atoms with van der Waals surface area (Å²) in [5.41, 5.74) is 0.613. The Hall–Kier alpha value is -1.27. The van der Waals surface area contributed by atoms with Gasteiger partial charge in [0.15, 0.2) is 0 Å². The maximum Gasteiger partial charge on any atom is 0.231 e. The van der Waals surface area contributed by atoms with E-state index in [0.717, 1.165) is 6.61 Å². The van der Waals surface area contributed by atoms with E-state index < -0.39 is 10.0 Å². The molecule has 1 atom stereocenters. The molecule has 0 bridgehead atoms. The number of anilines is 1. The van der Waals surface area contributed by atoms with E-state index in [0.29, 0.717) is 18.0 Å². The topological polar surface area (TPSA) is 59.1 Å². The Morgan fingerprint density at radius 2 is 2.00 bits per heavy atom. The van der Waals surface area contributed by atoms with E-state index in [1.807, 2.05) is 0 Å². The van der Waals surface area contributed by atoms with Gasteiger partial charge >= 0.3 is 0 Å². The summed E-state index contributed by atoms with van der Waals surface area (Å²) in [4.78, 5) is 0. The molecule has 0 saturated carbocycles. The fourth-order valence-electron chi connectivity index (χ4n) is 1.30. The summed E-state index contributed by atoms with van der Waals surface area (Å²) in [7, 11) is -1.69. The van der Waals surface area contributed by atoms with Crippen molar-refractivity contribution in [2.75, 3.05) is 30.8 Å². The van der Waals surface area contributed by atoms with Crippen LogP contribution in [0.15, 0.2) is 24.3 Å². The molecule has 0 N–H and O–H groups in total. The molecule has 94 valence electrons. The average Bonchev–Trinajstić information content (AvgIpc) is 3.09. The fraction of sp³-hybridized carbons (Fsp3) is 0.455. The zero-order chi connectivity index (χ0) is 12.5. The van der Waals surface area contributed by atoms with Gasteiger partial charge in [0.05, 0.1) is 18.6 Å². The van der Waals surface area contributed by atoms with Crippen LogP contribution in [0.2, 0.25) is 0 Å². The SMILES string of the molecule is CN(c1ccc(OC[C@@H]2CO2)cc1)S(C)(=O)=O. The lowest BCUT2D eigenvalue weighted by molar-refractivity contribution is 0.263. The third-order valence-corrected chi connectivity index (χ3v) is 3.74. The molecule has 5 nitrogen and oxygen atoms in total. The van der Waals surface area contributed by atoms with E-state index in [4.69, 9.17) is 9.47 Å². The Labute approximate surface area is 101 Å².